The van der Waals surface area contributed by atoms with Crippen molar-refractivity contribution >= 4 is 28.4 Å². The van der Waals surface area contributed by atoms with Gasteiger partial charge in [-0.25, -0.2) is 17.9 Å². The quantitative estimate of drug-likeness (QED) is 0.707. The largest absolute Gasteiger partial charge is 0.478 e. The van der Waals surface area contributed by atoms with Crippen molar-refractivity contribution in [2.24, 2.45) is 0 Å². The van der Waals surface area contributed by atoms with E-state index in [0.717, 1.165) is 31.2 Å². The Kier molecular flexibility index (Phi) is 6.00. The van der Waals surface area contributed by atoms with Crippen LogP contribution in [0.5, 0.6) is 5.75 Å². The summed E-state index contributed by atoms with van der Waals surface area (Å²) in [6.07, 6.45) is 3.53. The molecule has 150 valence electrons. The average Bonchev–Trinajstić information content (AvgIpc) is 3.17. The van der Waals surface area contributed by atoms with Gasteiger partial charge in [-0.1, -0.05) is 0 Å². The van der Waals surface area contributed by atoms with Crippen LogP contribution >= 0.6 is 12.4 Å². The highest BCUT2D eigenvalue weighted by atomic mass is 35.5. The summed E-state index contributed by atoms with van der Waals surface area (Å²) in [7, 11) is -3.60. The highest BCUT2D eigenvalue weighted by Crippen LogP contribution is 2.32. The van der Waals surface area contributed by atoms with Crippen LogP contribution in [-0.4, -0.2) is 45.2 Å². The molecule has 4 rings (SSSR count). The van der Waals surface area contributed by atoms with E-state index >= 15 is 0 Å². The number of hydrogen-bond donors (Lipinski definition) is 2. The van der Waals surface area contributed by atoms with Gasteiger partial charge < -0.3 is 14.8 Å². The number of halogens is 1. The molecule has 0 spiro atoms. The van der Waals surface area contributed by atoms with Crippen molar-refractivity contribution in [1.82, 2.24) is 10.0 Å². The van der Waals surface area contributed by atoms with Gasteiger partial charge in [0, 0.05) is 24.5 Å². The van der Waals surface area contributed by atoms with Gasteiger partial charge in [-0.2, -0.15) is 0 Å². The summed E-state index contributed by atoms with van der Waals surface area (Å²) >= 11 is 0. The maximum absolute atomic E-state index is 12.8. The SMILES string of the molecule is CCOC(=O)C1Cc2cc(S(=O)(=O)NC3CC4CCC(C3)N4)ccc2O1.Cl. The lowest BCUT2D eigenvalue weighted by Crippen LogP contribution is -2.47. The van der Waals surface area contributed by atoms with E-state index in [2.05, 4.69) is 10.0 Å². The third-order valence-electron chi connectivity index (χ3n) is 5.36. The predicted octanol–water partition coefficient (Wildman–Crippen LogP) is 1.54. The molecular weight excluding hydrogens is 392 g/mol. The molecule has 1 aromatic carbocycles. The Bertz CT molecular complexity index is 804. The molecule has 1 aromatic rings. The Hall–Kier alpha value is -1.35. The first-order chi connectivity index (χ1) is 12.4. The minimum Gasteiger partial charge on any atom is -0.478 e. The van der Waals surface area contributed by atoms with Gasteiger partial charge in [-0.05, 0) is 56.4 Å². The van der Waals surface area contributed by atoms with E-state index in [0.29, 0.717) is 24.3 Å². The second-order valence-corrected chi connectivity index (χ2v) is 8.97. The lowest BCUT2D eigenvalue weighted by atomic mass is 10.0. The second kappa shape index (κ2) is 7.95. The van der Waals surface area contributed by atoms with Crippen LogP contribution in [0.1, 0.15) is 38.2 Å². The summed E-state index contributed by atoms with van der Waals surface area (Å²) in [5, 5.41) is 3.51. The molecule has 3 unspecified atom stereocenters. The van der Waals surface area contributed by atoms with Gasteiger partial charge in [-0.15, -0.1) is 12.4 Å². The van der Waals surface area contributed by atoms with Gasteiger partial charge in [0.1, 0.15) is 5.75 Å². The van der Waals surface area contributed by atoms with Crippen LogP contribution in [0, 0.1) is 0 Å². The molecular formula is C18H25ClN2O5S. The normalized spacial score (nSPS) is 28.8. The third kappa shape index (κ3) is 4.23. The predicted molar refractivity (Wildman–Crippen MR) is 102 cm³/mol. The van der Waals surface area contributed by atoms with Crippen LogP contribution < -0.4 is 14.8 Å². The Morgan fingerprint density at radius 3 is 2.67 bits per heavy atom. The highest BCUT2D eigenvalue weighted by Gasteiger charge is 2.36. The molecule has 3 aliphatic heterocycles. The fourth-order valence-electron chi connectivity index (χ4n) is 4.20. The van der Waals surface area contributed by atoms with Crippen molar-refractivity contribution in [1.29, 1.82) is 0 Å². The molecule has 2 bridgehead atoms. The van der Waals surface area contributed by atoms with Crippen molar-refractivity contribution in [2.75, 3.05) is 6.61 Å². The Balaban J connectivity index is 0.00000210. The van der Waals surface area contributed by atoms with Gasteiger partial charge in [-0.3, -0.25) is 0 Å². The van der Waals surface area contributed by atoms with E-state index in [1.807, 2.05) is 0 Å². The molecule has 2 fully saturated rings. The molecule has 0 aromatic heterocycles. The number of hydrogen-bond acceptors (Lipinski definition) is 6. The molecule has 3 atom stereocenters. The van der Waals surface area contributed by atoms with Crippen LogP contribution in [0.15, 0.2) is 23.1 Å². The summed E-state index contributed by atoms with van der Waals surface area (Å²) in [5.74, 6) is 0.123. The van der Waals surface area contributed by atoms with Crippen molar-refractivity contribution < 1.29 is 22.7 Å². The van der Waals surface area contributed by atoms with E-state index in [1.165, 1.54) is 6.07 Å². The molecule has 0 radical (unpaired) electrons. The van der Waals surface area contributed by atoms with E-state index in [4.69, 9.17) is 9.47 Å². The van der Waals surface area contributed by atoms with Crippen molar-refractivity contribution in [2.45, 2.75) is 68.2 Å². The molecule has 0 amide bonds. The summed E-state index contributed by atoms with van der Waals surface area (Å²) in [4.78, 5) is 12.1. The summed E-state index contributed by atoms with van der Waals surface area (Å²) in [5.41, 5.74) is 0.719. The third-order valence-corrected chi connectivity index (χ3v) is 6.88. The first-order valence-corrected chi connectivity index (χ1v) is 10.7. The molecule has 7 nitrogen and oxygen atoms in total. The second-order valence-electron chi connectivity index (χ2n) is 7.26. The monoisotopic (exact) mass is 416 g/mol. The van der Waals surface area contributed by atoms with Crippen LogP contribution in [0.3, 0.4) is 0 Å². The molecule has 2 saturated heterocycles. The molecule has 2 N–H and O–H groups in total. The standard InChI is InChI=1S/C18H24N2O5S.ClH/c1-2-24-18(21)17-8-11-7-15(5-6-16(11)25-17)26(22,23)20-14-9-12-3-4-13(10-14)19-12;/h5-7,12-14,17,19-20H,2-4,8-10H2,1H3;1H. The van der Waals surface area contributed by atoms with Gasteiger partial charge in [0.15, 0.2) is 6.10 Å². The van der Waals surface area contributed by atoms with Gasteiger partial charge in [0.05, 0.1) is 11.5 Å². The number of rotatable bonds is 5. The Morgan fingerprint density at radius 1 is 1.30 bits per heavy atom. The number of sulfonamides is 1. The van der Waals surface area contributed by atoms with Crippen LogP contribution in [0.25, 0.3) is 0 Å². The smallest absolute Gasteiger partial charge is 0.347 e. The molecule has 0 aliphatic carbocycles. The fourth-order valence-corrected chi connectivity index (χ4v) is 5.51. The van der Waals surface area contributed by atoms with Crippen molar-refractivity contribution in [3.63, 3.8) is 0 Å². The number of piperidine rings is 1. The Labute approximate surface area is 165 Å². The zero-order chi connectivity index (χ0) is 18.3. The summed E-state index contributed by atoms with van der Waals surface area (Å²) in [6.45, 7) is 2.03. The van der Waals surface area contributed by atoms with Gasteiger partial charge in [0.25, 0.3) is 0 Å². The zero-order valence-electron chi connectivity index (χ0n) is 15.1. The maximum Gasteiger partial charge on any atom is 0.347 e. The first kappa shape index (κ1) is 20.4. The number of ether oxygens (including phenoxy) is 2. The fraction of sp³-hybridized carbons (Fsp3) is 0.611. The van der Waals surface area contributed by atoms with E-state index in [1.54, 1.807) is 19.1 Å². The topological polar surface area (TPSA) is 93.7 Å². The molecule has 3 aliphatic rings. The minimum absolute atomic E-state index is 0. The number of nitrogens with one attached hydrogen (secondary N) is 2. The number of fused-ring (bicyclic) bond motifs is 3. The maximum atomic E-state index is 12.8. The lowest BCUT2D eigenvalue weighted by Gasteiger charge is -2.29. The minimum atomic E-state index is -3.60. The van der Waals surface area contributed by atoms with Crippen molar-refractivity contribution in [3.8, 4) is 5.75 Å². The number of carbonyl (C=O) groups is 1. The van der Waals surface area contributed by atoms with E-state index < -0.39 is 22.1 Å². The van der Waals surface area contributed by atoms with Crippen LogP contribution in [0.4, 0.5) is 0 Å². The van der Waals surface area contributed by atoms with Crippen LogP contribution in [-0.2, 0) is 26.0 Å². The van der Waals surface area contributed by atoms with Crippen molar-refractivity contribution in [3.05, 3.63) is 23.8 Å². The molecule has 0 saturated carbocycles. The van der Waals surface area contributed by atoms with E-state index in [-0.39, 0.29) is 30.0 Å². The summed E-state index contributed by atoms with van der Waals surface area (Å²) < 4.78 is 39.0. The molecule has 27 heavy (non-hydrogen) atoms. The number of carbonyl (C=O) groups excluding carboxylic acids is 1. The average molecular weight is 417 g/mol. The van der Waals surface area contributed by atoms with Gasteiger partial charge in [0.2, 0.25) is 10.0 Å². The van der Waals surface area contributed by atoms with E-state index in [9.17, 15) is 13.2 Å². The highest BCUT2D eigenvalue weighted by molar-refractivity contribution is 7.89. The van der Waals surface area contributed by atoms with Gasteiger partial charge >= 0.3 is 5.97 Å². The molecule has 9 heteroatoms. The molecule has 3 heterocycles. The number of esters is 1. The zero-order valence-corrected chi connectivity index (χ0v) is 16.8. The Morgan fingerprint density at radius 2 is 2.00 bits per heavy atom. The lowest BCUT2D eigenvalue weighted by molar-refractivity contribution is -0.150. The summed E-state index contributed by atoms with van der Waals surface area (Å²) in [6, 6.07) is 5.56. The number of benzene rings is 1. The van der Waals surface area contributed by atoms with Crippen LogP contribution in [0.2, 0.25) is 0 Å². The first-order valence-electron chi connectivity index (χ1n) is 9.19.